The van der Waals surface area contributed by atoms with Crippen molar-refractivity contribution in [2.24, 2.45) is 0 Å². The highest BCUT2D eigenvalue weighted by Gasteiger charge is 2.10. The molecule has 0 spiro atoms. The average Bonchev–Trinajstić information content (AvgIpc) is 3.45. The van der Waals surface area contributed by atoms with Crippen LogP contribution in [0.3, 0.4) is 0 Å². The van der Waals surface area contributed by atoms with Crippen molar-refractivity contribution in [3.8, 4) is 22.8 Å². The third-order valence-corrected chi connectivity index (χ3v) is 5.01. The fourth-order valence-corrected chi connectivity index (χ4v) is 3.43. The van der Waals surface area contributed by atoms with Gasteiger partial charge in [0, 0.05) is 22.9 Å². The second-order valence-electron chi connectivity index (χ2n) is 7.46. The van der Waals surface area contributed by atoms with E-state index in [2.05, 4.69) is 10.3 Å². The van der Waals surface area contributed by atoms with Gasteiger partial charge in [0.25, 0.3) is 0 Å². The predicted octanol–water partition coefficient (Wildman–Crippen LogP) is 6.72. The summed E-state index contributed by atoms with van der Waals surface area (Å²) >= 11 is 0. The Labute approximate surface area is 185 Å². The fraction of sp³-hybridized carbons (Fsp3) is 0.0370. The molecule has 0 saturated heterocycles. The first-order valence-corrected chi connectivity index (χ1v) is 10.3. The first-order valence-electron chi connectivity index (χ1n) is 10.3. The van der Waals surface area contributed by atoms with Gasteiger partial charge in [-0.1, -0.05) is 42.5 Å². The summed E-state index contributed by atoms with van der Waals surface area (Å²) in [4.78, 5) is 17.0. The molecule has 5 nitrogen and oxygen atoms in total. The predicted molar refractivity (Wildman–Crippen MR) is 126 cm³/mol. The molecular formula is C27H20N2O3. The molecule has 5 aromatic rings. The second kappa shape index (κ2) is 8.40. The maximum atomic E-state index is 12.4. The highest BCUT2D eigenvalue weighted by atomic mass is 16.3. The van der Waals surface area contributed by atoms with Gasteiger partial charge in [0.05, 0.1) is 0 Å². The molecular weight excluding hydrogens is 400 g/mol. The van der Waals surface area contributed by atoms with E-state index in [0.717, 1.165) is 33.6 Å². The van der Waals surface area contributed by atoms with Crippen LogP contribution in [0.2, 0.25) is 0 Å². The number of aromatic nitrogens is 1. The zero-order chi connectivity index (χ0) is 21.9. The largest absolute Gasteiger partial charge is 0.457 e. The zero-order valence-electron chi connectivity index (χ0n) is 17.4. The number of oxazole rings is 1. The van der Waals surface area contributed by atoms with E-state index in [1.54, 1.807) is 6.08 Å². The van der Waals surface area contributed by atoms with Crippen molar-refractivity contribution in [1.29, 1.82) is 0 Å². The smallest absolute Gasteiger partial charge is 0.248 e. The Morgan fingerprint density at radius 1 is 0.875 bits per heavy atom. The molecule has 2 heterocycles. The monoisotopic (exact) mass is 420 g/mol. The molecule has 0 fully saturated rings. The average molecular weight is 420 g/mol. The molecule has 2 aromatic heterocycles. The van der Waals surface area contributed by atoms with Gasteiger partial charge in [-0.2, -0.15) is 0 Å². The molecule has 1 N–H and O–H groups in total. The molecule has 0 aliphatic carbocycles. The number of furan rings is 1. The van der Waals surface area contributed by atoms with Gasteiger partial charge in [-0.3, -0.25) is 4.79 Å². The maximum absolute atomic E-state index is 12.4. The van der Waals surface area contributed by atoms with Crippen molar-refractivity contribution in [3.63, 3.8) is 0 Å². The Hall–Kier alpha value is -4.38. The molecule has 0 saturated carbocycles. The molecule has 32 heavy (non-hydrogen) atoms. The van der Waals surface area contributed by atoms with E-state index in [0.29, 0.717) is 17.3 Å². The second-order valence-corrected chi connectivity index (χ2v) is 7.46. The summed E-state index contributed by atoms with van der Waals surface area (Å²) < 4.78 is 11.7. The van der Waals surface area contributed by atoms with E-state index in [1.165, 1.54) is 6.08 Å². The molecule has 0 aliphatic rings. The van der Waals surface area contributed by atoms with Crippen molar-refractivity contribution in [1.82, 2.24) is 4.98 Å². The third-order valence-electron chi connectivity index (χ3n) is 5.01. The van der Waals surface area contributed by atoms with Gasteiger partial charge in [0.1, 0.15) is 17.0 Å². The SMILES string of the molecule is Cc1ccc2nc(-c3cccc(NC(=O)/C=C/c4ccc(-c5ccccc5)o4)c3)oc2c1. The normalized spacial score (nSPS) is 11.3. The van der Waals surface area contributed by atoms with Gasteiger partial charge in [0.15, 0.2) is 5.58 Å². The van der Waals surface area contributed by atoms with Crippen molar-refractivity contribution < 1.29 is 13.6 Å². The van der Waals surface area contributed by atoms with Crippen LogP contribution in [-0.4, -0.2) is 10.9 Å². The number of anilines is 1. The van der Waals surface area contributed by atoms with Crippen LogP contribution >= 0.6 is 0 Å². The lowest BCUT2D eigenvalue weighted by Gasteiger charge is -2.03. The molecule has 5 rings (SSSR count). The maximum Gasteiger partial charge on any atom is 0.248 e. The van der Waals surface area contributed by atoms with Crippen molar-refractivity contribution in [2.45, 2.75) is 6.92 Å². The van der Waals surface area contributed by atoms with Crippen LogP contribution < -0.4 is 5.32 Å². The van der Waals surface area contributed by atoms with Gasteiger partial charge < -0.3 is 14.2 Å². The summed E-state index contributed by atoms with van der Waals surface area (Å²) in [7, 11) is 0. The van der Waals surface area contributed by atoms with Crippen LogP contribution in [0.25, 0.3) is 40.0 Å². The number of carbonyl (C=O) groups is 1. The lowest BCUT2D eigenvalue weighted by molar-refractivity contribution is -0.111. The number of hydrogen-bond donors (Lipinski definition) is 1. The first kappa shape index (κ1) is 19.6. The van der Waals surface area contributed by atoms with Crippen molar-refractivity contribution >= 4 is 28.8 Å². The molecule has 1 amide bonds. The van der Waals surface area contributed by atoms with Crippen LogP contribution in [0.1, 0.15) is 11.3 Å². The van der Waals surface area contributed by atoms with E-state index in [1.807, 2.05) is 91.9 Å². The molecule has 0 aliphatic heterocycles. The number of hydrogen-bond acceptors (Lipinski definition) is 4. The van der Waals surface area contributed by atoms with Crippen LogP contribution in [0, 0.1) is 6.92 Å². The summed E-state index contributed by atoms with van der Waals surface area (Å²) in [6, 6.07) is 26.8. The Kier molecular flexibility index (Phi) is 5.14. The number of nitrogens with zero attached hydrogens (tertiary/aromatic N) is 1. The Morgan fingerprint density at radius 2 is 1.72 bits per heavy atom. The zero-order valence-corrected chi connectivity index (χ0v) is 17.4. The van der Waals surface area contributed by atoms with E-state index in [-0.39, 0.29) is 5.91 Å². The summed E-state index contributed by atoms with van der Waals surface area (Å²) in [5, 5.41) is 2.87. The standard InChI is InChI=1S/C27H20N2O3/c1-18-10-13-23-25(16-18)32-27(29-23)20-8-5-9-21(17-20)28-26(30)15-12-22-11-14-24(31-22)19-6-3-2-4-7-19/h2-17H,1H3,(H,28,30)/b15-12+. The molecule has 0 bridgehead atoms. The van der Waals surface area contributed by atoms with E-state index < -0.39 is 0 Å². The molecule has 5 heteroatoms. The number of aryl methyl sites for hydroxylation is 1. The number of carbonyl (C=O) groups excluding carboxylic acids is 1. The van der Waals surface area contributed by atoms with Gasteiger partial charge in [-0.25, -0.2) is 4.98 Å². The Balaban J connectivity index is 1.29. The van der Waals surface area contributed by atoms with E-state index in [9.17, 15) is 4.79 Å². The van der Waals surface area contributed by atoms with Crippen molar-refractivity contribution in [3.05, 3.63) is 102 Å². The topological polar surface area (TPSA) is 68.3 Å². The molecule has 0 unspecified atom stereocenters. The number of nitrogens with one attached hydrogen (secondary N) is 1. The molecule has 156 valence electrons. The Morgan fingerprint density at radius 3 is 2.59 bits per heavy atom. The number of benzene rings is 3. The summed E-state index contributed by atoms with van der Waals surface area (Å²) in [6.07, 6.45) is 3.09. The summed E-state index contributed by atoms with van der Waals surface area (Å²) in [5.41, 5.74) is 5.09. The number of rotatable bonds is 5. The lowest BCUT2D eigenvalue weighted by atomic mass is 10.2. The van der Waals surface area contributed by atoms with Gasteiger partial charge >= 0.3 is 0 Å². The van der Waals surface area contributed by atoms with Crippen LogP contribution in [0.4, 0.5) is 5.69 Å². The van der Waals surface area contributed by atoms with Gasteiger partial charge in [0.2, 0.25) is 11.8 Å². The number of fused-ring (bicyclic) bond motifs is 1. The van der Waals surface area contributed by atoms with Gasteiger partial charge in [-0.15, -0.1) is 0 Å². The highest BCUT2D eigenvalue weighted by Crippen LogP contribution is 2.27. The minimum Gasteiger partial charge on any atom is -0.457 e. The van der Waals surface area contributed by atoms with Gasteiger partial charge in [-0.05, 0) is 61.0 Å². The van der Waals surface area contributed by atoms with Crippen molar-refractivity contribution in [2.75, 3.05) is 5.32 Å². The van der Waals surface area contributed by atoms with Crippen LogP contribution in [0.5, 0.6) is 0 Å². The minimum atomic E-state index is -0.256. The third kappa shape index (κ3) is 4.23. The summed E-state index contributed by atoms with van der Waals surface area (Å²) in [5.74, 6) is 1.62. The van der Waals surface area contributed by atoms with E-state index >= 15 is 0 Å². The number of amides is 1. The Bertz CT molecular complexity index is 1430. The molecule has 3 aromatic carbocycles. The van der Waals surface area contributed by atoms with Crippen LogP contribution in [-0.2, 0) is 4.79 Å². The summed E-state index contributed by atoms with van der Waals surface area (Å²) in [6.45, 7) is 2.01. The first-order chi connectivity index (χ1) is 15.6. The van der Waals surface area contributed by atoms with E-state index in [4.69, 9.17) is 8.83 Å². The quantitative estimate of drug-likeness (QED) is 0.321. The lowest BCUT2D eigenvalue weighted by Crippen LogP contribution is -2.07. The molecule has 0 atom stereocenters. The fourth-order valence-electron chi connectivity index (χ4n) is 3.43. The molecule has 0 radical (unpaired) electrons. The highest BCUT2D eigenvalue weighted by molar-refractivity contribution is 6.02. The van der Waals surface area contributed by atoms with Crippen LogP contribution in [0.15, 0.2) is 99.8 Å². The minimum absolute atomic E-state index is 0.256.